The summed E-state index contributed by atoms with van der Waals surface area (Å²) in [4.78, 5) is 19.7. The minimum absolute atomic E-state index is 0.0560. The second kappa shape index (κ2) is 11.0. The molecule has 2 fully saturated rings. The molecule has 2 saturated carbocycles. The molecular formula is C29H37F3N4O. The van der Waals surface area contributed by atoms with Crippen molar-refractivity contribution in [3.8, 4) is 0 Å². The van der Waals surface area contributed by atoms with Gasteiger partial charge in [-0.05, 0) is 73.9 Å². The van der Waals surface area contributed by atoms with Crippen LogP contribution in [0.15, 0.2) is 42.5 Å². The van der Waals surface area contributed by atoms with Gasteiger partial charge in [0.05, 0.1) is 12.1 Å². The van der Waals surface area contributed by atoms with Crippen LogP contribution in [0.3, 0.4) is 0 Å². The van der Waals surface area contributed by atoms with Gasteiger partial charge in [0.15, 0.2) is 0 Å². The monoisotopic (exact) mass is 514 g/mol. The molecule has 0 radical (unpaired) electrons. The number of rotatable bonds is 11. The van der Waals surface area contributed by atoms with Crippen LogP contribution in [-0.4, -0.2) is 66.4 Å². The Bertz CT molecular complexity index is 1100. The fraction of sp³-hybridized carbons (Fsp3) is 0.552. The number of carbonyl (C=O) groups is 1. The summed E-state index contributed by atoms with van der Waals surface area (Å²) in [5, 5.41) is 3.34. The predicted octanol–water partition coefficient (Wildman–Crippen LogP) is 5.01. The highest BCUT2D eigenvalue weighted by Gasteiger charge is 2.34. The van der Waals surface area contributed by atoms with E-state index in [0.717, 1.165) is 56.6 Å². The van der Waals surface area contributed by atoms with E-state index in [9.17, 15) is 18.0 Å². The molecule has 0 aromatic heterocycles. The first kappa shape index (κ1) is 26.0. The number of anilines is 1. The molecule has 1 heterocycles. The fourth-order valence-corrected chi connectivity index (χ4v) is 5.32. The number of benzene rings is 2. The van der Waals surface area contributed by atoms with Gasteiger partial charge in [0.2, 0.25) is 5.91 Å². The summed E-state index contributed by atoms with van der Waals surface area (Å²) in [5.41, 5.74) is 2.96. The highest BCUT2D eigenvalue weighted by atomic mass is 19.4. The van der Waals surface area contributed by atoms with Crippen LogP contribution in [0, 0.1) is 5.92 Å². The summed E-state index contributed by atoms with van der Waals surface area (Å²) in [6, 6.07) is 12.3. The first-order valence-electron chi connectivity index (χ1n) is 13.5. The van der Waals surface area contributed by atoms with E-state index in [0.29, 0.717) is 19.1 Å². The molecule has 0 spiro atoms. The lowest BCUT2D eigenvalue weighted by Crippen LogP contribution is -2.41. The van der Waals surface area contributed by atoms with E-state index in [-0.39, 0.29) is 24.6 Å². The fourth-order valence-electron chi connectivity index (χ4n) is 5.32. The van der Waals surface area contributed by atoms with Crippen LogP contribution < -0.4 is 5.32 Å². The lowest BCUT2D eigenvalue weighted by Gasteiger charge is -2.31. The van der Waals surface area contributed by atoms with Crippen molar-refractivity contribution in [2.24, 2.45) is 5.92 Å². The minimum Gasteiger partial charge on any atom is -0.376 e. The molecule has 2 aromatic rings. The van der Waals surface area contributed by atoms with Crippen LogP contribution in [-0.2, 0) is 30.5 Å². The molecule has 0 bridgehead atoms. The Morgan fingerprint density at radius 2 is 1.84 bits per heavy atom. The molecule has 5 rings (SSSR count). The second-order valence-electron chi connectivity index (χ2n) is 10.9. The Morgan fingerprint density at radius 3 is 2.57 bits per heavy atom. The van der Waals surface area contributed by atoms with Crippen molar-refractivity contribution in [3.63, 3.8) is 0 Å². The van der Waals surface area contributed by atoms with Gasteiger partial charge in [0, 0.05) is 51.0 Å². The molecule has 2 aliphatic carbocycles. The van der Waals surface area contributed by atoms with Crippen LogP contribution in [0.25, 0.3) is 0 Å². The lowest BCUT2D eigenvalue weighted by atomic mass is 9.97. The van der Waals surface area contributed by atoms with Crippen molar-refractivity contribution >= 4 is 11.6 Å². The van der Waals surface area contributed by atoms with E-state index in [1.165, 1.54) is 36.1 Å². The van der Waals surface area contributed by atoms with Gasteiger partial charge in [-0.25, -0.2) is 0 Å². The zero-order valence-electron chi connectivity index (χ0n) is 21.6. The number of alkyl halides is 3. The number of halogens is 3. The van der Waals surface area contributed by atoms with Crippen molar-refractivity contribution < 1.29 is 18.0 Å². The molecule has 37 heavy (non-hydrogen) atoms. The van der Waals surface area contributed by atoms with E-state index < -0.39 is 11.7 Å². The van der Waals surface area contributed by atoms with Crippen LogP contribution in [0.1, 0.15) is 47.9 Å². The number of amides is 1. The van der Waals surface area contributed by atoms with Gasteiger partial charge in [-0.1, -0.05) is 30.3 Å². The van der Waals surface area contributed by atoms with Crippen molar-refractivity contribution in [2.45, 2.75) is 57.4 Å². The summed E-state index contributed by atoms with van der Waals surface area (Å²) >= 11 is 0. The smallest absolute Gasteiger partial charge is 0.376 e. The van der Waals surface area contributed by atoms with E-state index in [1.807, 2.05) is 19.2 Å². The summed E-state index contributed by atoms with van der Waals surface area (Å²) in [5.74, 6) is 0.634. The quantitative estimate of drug-likeness (QED) is 0.458. The maximum atomic E-state index is 13.6. The zero-order chi connectivity index (χ0) is 26.0. The van der Waals surface area contributed by atoms with Crippen LogP contribution in [0.5, 0.6) is 0 Å². The van der Waals surface area contributed by atoms with Crippen molar-refractivity contribution in [1.29, 1.82) is 0 Å². The van der Waals surface area contributed by atoms with Crippen LogP contribution >= 0.6 is 0 Å². The number of nitrogens with zero attached hydrogens (tertiary/aromatic N) is 3. The Balaban J connectivity index is 1.28. The molecule has 1 amide bonds. The Kier molecular flexibility index (Phi) is 7.77. The van der Waals surface area contributed by atoms with Gasteiger partial charge in [-0.15, -0.1) is 0 Å². The number of hydrogen-bond acceptors (Lipinski definition) is 4. The standard InChI is InChI=1S/C29H37F3N4O/c1-34(24-11-12-24)15-16-36(19-23-5-2-3-7-26(23)29(30,31)32)28(37)17-33-27-8-4-6-22-13-14-35(20-25(22)27)18-21-9-10-21/h2-8,21,24,33H,9-20H2,1H3. The maximum absolute atomic E-state index is 13.6. The summed E-state index contributed by atoms with van der Waals surface area (Å²) in [6.45, 7) is 4.10. The van der Waals surface area contributed by atoms with Gasteiger partial charge in [0.1, 0.15) is 0 Å². The average molecular weight is 515 g/mol. The summed E-state index contributed by atoms with van der Waals surface area (Å²) in [6.07, 6.45) is 1.46. The molecule has 3 aliphatic rings. The normalized spacial score (nSPS) is 18.1. The number of fused-ring (bicyclic) bond motifs is 1. The van der Waals surface area contributed by atoms with Crippen molar-refractivity contribution in [2.75, 3.05) is 45.1 Å². The molecule has 1 N–H and O–H groups in total. The topological polar surface area (TPSA) is 38.8 Å². The van der Waals surface area contributed by atoms with Crippen LogP contribution in [0.2, 0.25) is 0 Å². The van der Waals surface area contributed by atoms with Crippen molar-refractivity contribution in [1.82, 2.24) is 14.7 Å². The third-order valence-electron chi connectivity index (χ3n) is 7.93. The Morgan fingerprint density at radius 1 is 1.05 bits per heavy atom. The first-order valence-corrected chi connectivity index (χ1v) is 13.5. The SMILES string of the molecule is CN(CCN(Cc1ccccc1C(F)(F)F)C(=O)CNc1cccc2c1CN(CC1CC1)CC2)C1CC1. The molecule has 200 valence electrons. The highest BCUT2D eigenvalue weighted by molar-refractivity contribution is 5.81. The van der Waals surface area contributed by atoms with Gasteiger partial charge < -0.3 is 15.1 Å². The van der Waals surface area contributed by atoms with E-state index in [2.05, 4.69) is 21.2 Å². The lowest BCUT2D eigenvalue weighted by molar-refractivity contribution is -0.139. The highest BCUT2D eigenvalue weighted by Crippen LogP contribution is 2.34. The minimum atomic E-state index is -4.45. The maximum Gasteiger partial charge on any atom is 0.416 e. The van der Waals surface area contributed by atoms with Crippen molar-refractivity contribution in [3.05, 3.63) is 64.7 Å². The largest absolute Gasteiger partial charge is 0.416 e. The molecule has 8 heteroatoms. The molecular weight excluding hydrogens is 477 g/mol. The van der Waals surface area contributed by atoms with E-state index >= 15 is 0 Å². The van der Waals surface area contributed by atoms with Crippen LogP contribution in [0.4, 0.5) is 18.9 Å². The first-order chi connectivity index (χ1) is 17.8. The molecule has 0 unspecified atom stereocenters. The molecule has 1 aliphatic heterocycles. The molecule has 0 atom stereocenters. The third kappa shape index (κ3) is 6.85. The Hall–Kier alpha value is -2.58. The van der Waals surface area contributed by atoms with Gasteiger partial charge in [0.25, 0.3) is 0 Å². The number of likely N-dealkylation sites (N-methyl/N-ethyl adjacent to an activating group) is 1. The second-order valence-corrected chi connectivity index (χ2v) is 10.9. The summed E-state index contributed by atoms with van der Waals surface area (Å²) < 4.78 is 40.9. The number of carbonyl (C=O) groups excluding carboxylic acids is 1. The number of hydrogen-bond donors (Lipinski definition) is 1. The average Bonchev–Trinajstić information content (AvgIpc) is 3.79. The zero-order valence-corrected chi connectivity index (χ0v) is 21.6. The predicted molar refractivity (Wildman–Crippen MR) is 139 cm³/mol. The third-order valence-corrected chi connectivity index (χ3v) is 7.93. The molecule has 0 saturated heterocycles. The summed E-state index contributed by atoms with van der Waals surface area (Å²) in [7, 11) is 2.02. The van der Waals surface area contributed by atoms with Gasteiger partial charge in [-0.3, -0.25) is 9.69 Å². The Labute approximate surface area is 217 Å². The molecule has 5 nitrogen and oxygen atoms in total. The van der Waals surface area contributed by atoms with E-state index in [1.54, 1.807) is 11.0 Å². The van der Waals surface area contributed by atoms with Gasteiger partial charge >= 0.3 is 6.18 Å². The van der Waals surface area contributed by atoms with E-state index in [4.69, 9.17) is 0 Å². The number of nitrogens with one attached hydrogen (secondary N) is 1. The molecule has 2 aromatic carbocycles. The van der Waals surface area contributed by atoms with Gasteiger partial charge in [-0.2, -0.15) is 13.2 Å².